The van der Waals surface area contributed by atoms with E-state index in [0.717, 1.165) is 0 Å². The first-order valence-electron chi connectivity index (χ1n) is 7.65. The second-order valence-corrected chi connectivity index (χ2v) is 6.32. The van der Waals surface area contributed by atoms with E-state index < -0.39 is 17.0 Å². The number of nitrogens with one attached hydrogen (secondary N) is 1. The quantitative estimate of drug-likeness (QED) is 0.691. The van der Waals surface area contributed by atoms with Crippen molar-refractivity contribution < 1.29 is 13.2 Å². The summed E-state index contributed by atoms with van der Waals surface area (Å²) in [5.41, 5.74) is 0.973. The van der Waals surface area contributed by atoms with E-state index in [1.807, 2.05) is 4.90 Å². The van der Waals surface area contributed by atoms with Gasteiger partial charge in [-0.15, -0.1) is 20.4 Å². The Morgan fingerprint density at radius 1 is 1.19 bits per heavy atom. The molecular weight excluding hydrogens is 373 g/mol. The fourth-order valence-electron chi connectivity index (χ4n) is 2.89. The number of hydrogen-bond acceptors (Lipinski definition) is 6. The van der Waals surface area contributed by atoms with Gasteiger partial charge < -0.3 is 4.57 Å². The summed E-state index contributed by atoms with van der Waals surface area (Å²) in [7, 11) is 0. The Balaban J connectivity index is 1.50. The van der Waals surface area contributed by atoms with Crippen LogP contribution in [0.15, 0.2) is 18.2 Å². The zero-order valence-electron chi connectivity index (χ0n) is 13.2. The van der Waals surface area contributed by atoms with Crippen LogP contribution in [0.2, 0.25) is 0 Å². The van der Waals surface area contributed by atoms with Crippen LogP contribution < -0.4 is 0 Å². The van der Waals surface area contributed by atoms with Gasteiger partial charge in [-0.1, -0.05) is 12.1 Å². The summed E-state index contributed by atoms with van der Waals surface area (Å²) >= 11 is 5.04. The molecule has 0 radical (unpaired) electrons. The Bertz CT molecular complexity index is 921. The second kappa shape index (κ2) is 6.32. The lowest BCUT2D eigenvalue weighted by molar-refractivity contribution is 0.0760. The molecule has 3 heterocycles. The number of hydrogen-bond donors (Lipinski definition) is 1. The summed E-state index contributed by atoms with van der Waals surface area (Å²) < 4.78 is 42.3. The third-order valence-electron chi connectivity index (χ3n) is 4.14. The lowest BCUT2D eigenvalue weighted by Gasteiger charge is -2.28. The zero-order valence-corrected chi connectivity index (χ0v) is 14.0. The van der Waals surface area contributed by atoms with Crippen molar-refractivity contribution in [2.24, 2.45) is 0 Å². The van der Waals surface area contributed by atoms with Crippen LogP contribution >= 0.6 is 11.6 Å². The van der Waals surface area contributed by atoms with Crippen molar-refractivity contribution in [1.29, 1.82) is 0 Å². The van der Waals surface area contributed by atoms with Crippen LogP contribution in [0.4, 0.5) is 13.2 Å². The van der Waals surface area contributed by atoms with Gasteiger partial charge in [-0.2, -0.15) is 14.0 Å². The molecule has 4 rings (SSSR count). The maximum Gasteiger partial charge on any atom is 0.381 e. The molecule has 0 aliphatic carbocycles. The molecule has 0 spiro atoms. The monoisotopic (exact) mass is 384 g/mol. The Hall–Kier alpha value is -2.53. The fourth-order valence-corrected chi connectivity index (χ4v) is 3.03. The van der Waals surface area contributed by atoms with Crippen LogP contribution in [-0.2, 0) is 25.0 Å². The molecule has 3 aromatic rings. The molecule has 8 nitrogen and oxygen atoms in total. The van der Waals surface area contributed by atoms with Crippen LogP contribution in [-0.4, -0.2) is 46.8 Å². The molecule has 0 fully saturated rings. The van der Waals surface area contributed by atoms with E-state index in [9.17, 15) is 13.2 Å². The smallest absolute Gasteiger partial charge is 0.306 e. The molecule has 0 saturated heterocycles. The average molecular weight is 385 g/mol. The van der Waals surface area contributed by atoms with Crippen molar-refractivity contribution in [2.45, 2.75) is 25.0 Å². The van der Waals surface area contributed by atoms with Gasteiger partial charge >= 0.3 is 5.38 Å². The van der Waals surface area contributed by atoms with Gasteiger partial charge in [0.1, 0.15) is 11.6 Å². The van der Waals surface area contributed by atoms with E-state index in [2.05, 4.69) is 30.8 Å². The maximum atomic E-state index is 14.4. The summed E-state index contributed by atoms with van der Waals surface area (Å²) in [6.07, 6.45) is 0. The molecule has 0 bridgehead atoms. The first-order chi connectivity index (χ1) is 12.4. The average Bonchev–Trinajstić information content (AvgIpc) is 3.25. The molecule has 0 unspecified atom stereocenters. The largest absolute Gasteiger partial charge is 0.381 e. The van der Waals surface area contributed by atoms with Crippen molar-refractivity contribution in [3.63, 3.8) is 0 Å². The van der Waals surface area contributed by atoms with Gasteiger partial charge in [0.05, 0.1) is 6.54 Å². The minimum absolute atomic E-state index is 0.253. The summed E-state index contributed by atoms with van der Waals surface area (Å²) in [5.74, 6) is -0.303. The number of rotatable bonds is 4. The lowest BCUT2D eigenvalue weighted by atomic mass is 10.1. The Morgan fingerprint density at radius 3 is 2.73 bits per heavy atom. The van der Waals surface area contributed by atoms with Crippen molar-refractivity contribution in [3.8, 4) is 11.4 Å². The number of fused-ring (bicyclic) bond motifs is 1. The minimum Gasteiger partial charge on any atom is -0.306 e. The highest BCUT2D eigenvalue weighted by Gasteiger charge is 2.37. The van der Waals surface area contributed by atoms with Crippen molar-refractivity contribution in [1.82, 2.24) is 40.3 Å². The predicted molar refractivity (Wildman–Crippen MR) is 83.5 cm³/mol. The second-order valence-electron chi connectivity index (χ2n) is 5.84. The standard InChI is InChI=1S/C14H12ClF3N8/c15-14(17,18)13-22-19-11-7-25(3-4-26(11)13)6-9-2-1-8(5-10(9)16)12-20-23-24-21-12/h1-2,5H,3-4,6-7H2,(H,20,21,23,24). The van der Waals surface area contributed by atoms with Crippen LogP contribution in [0.25, 0.3) is 11.4 Å². The Kier molecular flexibility index (Phi) is 4.11. The summed E-state index contributed by atoms with van der Waals surface area (Å²) in [5, 5.41) is 17.0. The molecular formula is C14H12ClF3N8. The molecule has 2 aromatic heterocycles. The molecule has 26 heavy (non-hydrogen) atoms. The first kappa shape index (κ1) is 16.9. The van der Waals surface area contributed by atoms with E-state index in [0.29, 0.717) is 35.9 Å². The topological polar surface area (TPSA) is 88.4 Å². The molecule has 136 valence electrons. The van der Waals surface area contributed by atoms with E-state index in [4.69, 9.17) is 11.6 Å². The van der Waals surface area contributed by atoms with Crippen molar-refractivity contribution in [2.75, 3.05) is 6.54 Å². The molecule has 0 atom stereocenters. The molecule has 12 heteroatoms. The highest BCUT2D eigenvalue weighted by atomic mass is 35.5. The molecule has 0 amide bonds. The fraction of sp³-hybridized carbons (Fsp3) is 0.357. The van der Waals surface area contributed by atoms with Gasteiger partial charge in [-0.25, -0.2) is 4.39 Å². The van der Waals surface area contributed by atoms with Gasteiger partial charge in [0, 0.05) is 30.8 Å². The van der Waals surface area contributed by atoms with Crippen molar-refractivity contribution >= 4 is 11.6 Å². The molecule has 1 aliphatic heterocycles. The highest BCUT2D eigenvalue weighted by molar-refractivity contribution is 6.21. The van der Waals surface area contributed by atoms with Gasteiger partial charge in [-0.05, 0) is 22.9 Å². The molecule has 1 aliphatic rings. The summed E-state index contributed by atoms with van der Waals surface area (Å²) in [4.78, 5) is 1.90. The third-order valence-corrected chi connectivity index (χ3v) is 4.31. The molecule has 1 aromatic carbocycles. The lowest BCUT2D eigenvalue weighted by Crippen LogP contribution is -2.35. The first-order valence-corrected chi connectivity index (χ1v) is 8.03. The normalized spacial score (nSPS) is 15.2. The number of aromatic nitrogens is 7. The van der Waals surface area contributed by atoms with Gasteiger partial charge in [0.25, 0.3) is 0 Å². The molecule has 1 N–H and O–H groups in total. The minimum atomic E-state index is -3.56. The number of H-pyrrole nitrogens is 1. The maximum absolute atomic E-state index is 14.4. The van der Waals surface area contributed by atoms with Crippen LogP contribution in [0, 0.1) is 5.82 Å². The van der Waals surface area contributed by atoms with Crippen molar-refractivity contribution in [3.05, 3.63) is 41.2 Å². The predicted octanol–water partition coefficient (Wildman–Crippen LogP) is 1.90. The Labute approximate surface area is 150 Å². The van der Waals surface area contributed by atoms with E-state index in [1.165, 1.54) is 10.6 Å². The molecule has 0 saturated carbocycles. The van der Waals surface area contributed by atoms with Crippen LogP contribution in [0.3, 0.4) is 0 Å². The summed E-state index contributed by atoms with van der Waals surface area (Å²) in [6.45, 7) is 1.27. The number of alkyl halides is 3. The highest BCUT2D eigenvalue weighted by Crippen LogP contribution is 2.32. The number of aromatic amines is 1. The summed E-state index contributed by atoms with van der Waals surface area (Å²) in [6, 6.07) is 4.67. The van der Waals surface area contributed by atoms with E-state index >= 15 is 0 Å². The third kappa shape index (κ3) is 3.15. The zero-order chi connectivity index (χ0) is 18.3. The van der Waals surface area contributed by atoms with Crippen LogP contribution in [0.1, 0.15) is 17.2 Å². The van der Waals surface area contributed by atoms with E-state index in [-0.39, 0.29) is 13.1 Å². The number of halogens is 4. The number of tetrazole rings is 1. The van der Waals surface area contributed by atoms with Gasteiger partial charge in [0.2, 0.25) is 11.6 Å². The SMILES string of the molecule is Fc1cc(-c2nn[nH]n2)ccc1CN1CCn2c(nnc2C(F)(F)Cl)C1. The van der Waals surface area contributed by atoms with Gasteiger partial charge in [-0.3, -0.25) is 4.90 Å². The van der Waals surface area contributed by atoms with Gasteiger partial charge in [0.15, 0.2) is 0 Å². The van der Waals surface area contributed by atoms with Crippen LogP contribution in [0.5, 0.6) is 0 Å². The Morgan fingerprint density at radius 2 is 2.04 bits per heavy atom. The van der Waals surface area contributed by atoms with E-state index in [1.54, 1.807) is 12.1 Å². The number of nitrogens with zero attached hydrogens (tertiary/aromatic N) is 7. The number of benzene rings is 1.